The van der Waals surface area contributed by atoms with Gasteiger partial charge in [-0.2, -0.15) is 0 Å². The van der Waals surface area contributed by atoms with Gasteiger partial charge in [-0.15, -0.1) is 0 Å². The van der Waals surface area contributed by atoms with Gasteiger partial charge in [0, 0.05) is 0 Å². The smallest absolute Gasteiger partial charge is 0.0627 e. The Labute approximate surface area is 74.2 Å². The van der Waals surface area contributed by atoms with Gasteiger partial charge in [-0.25, -0.2) is 0 Å². The van der Waals surface area contributed by atoms with Crippen molar-refractivity contribution in [1.82, 2.24) is 0 Å². The molecule has 1 nitrogen and oxygen atoms in total. The van der Waals surface area contributed by atoms with E-state index in [-0.39, 0.29) is 6.10 Å². The number of fused-ring (bicyclic) bond motifs is 1. The minimum absolute atomic E-state index is 0.0859. The van der Waals surface area contributed by atoms with Gasteiger partial charge >= 0.3 is 0 Å². The normalized spacial score (nSPS) is 57.2. The largest absolute Gasteiger partial charge is 0.392 e. The Morgan fingerprint density at radius 2 is 2.00 bits per heavy atom. The van der Waals surface area contributed by atoms with Crippen molar-refractivity contribution >= 4 is 0 Å². The summed E-state index contributed by atoms with van der Waals surface area (Å²) in [6.45, 7) is 0. The van der Waals surface area contributed by atoms with Gasteiger partial charge < -0.3 is 5.11 Å². The van der Waals surface area contributed by atoms with E-state index in [0.29, 0.717) is 11.3 Å². The average Bonchev–Trinajstić information content (AvgIpc) is 2.56. The number of rotatable bonds is 0. The maximum absolute atomic E-state index is 10.1. The van der Waals surface area contributed by atoms with Crippen LogP contribution >= 0.6 is 0 Å². The van der Waals surface area contributed by atoms with Crippen LogP contribution < -0.4 is 0 Å². The van der Waals surface area contributed by atoms with Gasteiger partial charge in [0.2, 0.25) is 0 Å². The maximum Gasteiger partial charge on any atom is 0.0627 e. The lowest BCUT2D eigenvalue weighted by Gasteiger charge is -2.40. The lowest BCUT2D eigenvalue weighted by molar-refractivity contribution is 0.0109. The van der Waals surface area contributed by atoms with Gasteiger partial charge in [0.05, 0.1) is 6.10 Å². The van der Waals surface area contributed by atoms with Crippen LogP contribution in [0.25, 0.3) is 0 Å². The third-order valence-electron chi connectivity index (χ3n) is 4.86. The van der Waals surface area contributed by atoms with E-state index in [0.717, 1.165) is 5.92 Å². The van der Waals surface area contributed by atoms with Crippen molar-refractivity contribution in [2.45, 2.75) is 51.0 Å². The number of aliphatic hydroxyl groups is 1. The monoisotopic (exact) mass is 166 g/mol. The zero-order valence-electron chi connectivity index (χ0n) is 7.63. The first-order chi connectivity index (χ1) is 5.83. The zero-order valence-corrected chi connectivity index (χ0v) is 7.63. The standard InChI is InChI=1S/C11H18O/c12-10-8-4-6-11(10)5-2-1-3-9(11)7-8/h8-10,12H,1-7H2/t8-,9+,10-,11+/m0/s1. The third kappa shape index (κ3) is 0.693. The zero-order chi connectivity index (χ0) is 8.18. The lowest BCUT2D eigenvalue weighted by Crippen LogP contribution is -2.35. The van der Waals surface area contributed by atoms with Crippen molar-refractivity contribution in [2.75, 3.05) is 0 Å². The number of hydrogen-bond acceptors (Lipinski definition) is 1. The van der Waals surface area contributed by atoms with E-state index in [2.05, 4.69) is 0 Å². The topological polar surface area (TPSA) is 20.2 Å². The first-order valence-corrected chi connectivity index (χ1v) is 5.51. The molecular weight excluding hydrogens is 148 g/mol. The van der Waals surface area contributed by atoms with Crippen LogP contribution in [-0.4, -0.2) is 11.2 Å². The second kappa shape index (κ2) is 2.25. The molecule has 1 N–H and O–H groups in total. The number of hydrogen-bond donors (Lipinski definition) is 1. The summed E-state index contributed by atoms with van der Waals surface area (Å²) >= 11 is 0. The Morgan fingerprint density at radius 3 is 2.75 bits per heavy atom. The first kappa shape index (κ1) is 7.37. The fourth-order valence-electron chi connectivity index (χ4n) is 4.25. The van der Waals surface area contributed by atoms with Crippen molar-refractivity contribution in [3.63, 3.8) is 0 Å². The van der Waals surface area contributed by atoms with Crippen molar-refractivity contribution < 1.29 is 5.11 Å². The van der Waals surface area contributed by atoms with Gasteiger partial charge in [-0.05, 0) is 49.4 Å². The maximum atomic E-state index is 10.1. The molecule has 12 heavy (non-hydrogen) atoms. The van der Waals surface area contributed by atoms with Gasteiger partial charge in [0.15, 0.2) is 0 Å². The van der Waals surface area contributed by atoms with Crippen molar-refractivity contribution in [2.24, 2.45) is 17.3 Å². The quantitative estimate of drug-likeness (QED) is 0.585. The summed E-state index contributed by atoms with van der Waals surface area (Å²) in [5.74, 6) is 1.59. The minimum Gasteiger partial charge on any atom is -0.392 e. The fourth-order valence-corrected chi connectivity index (χ4v) is 4.25. The molecule has 0 amide bonds. The molecule has 0 saturated heterocycles. The Morgan fingerprint density at radius 1 is 1.08 bits per heavy atom. The summed E-state index contributed by atoms with van der Waals surface area (Å²) in [5, 5.41) is 10.1. The van der Waals surface area contributed by atoms with Crippen LogP contribution in [0.1, 0.15) is 44.9 Å². The predicted octanol–water partition coefficient (Wildman–Crippen LogP) is 2.34. The SMILES string of the molecule is O[C@H]1[C@H]2CC[C@@]13CCCC[C@@H]3C2. The van der Waals surface area contributed by atoms with Crippen molar-refractivity contribution in [3.8, 4) is 0 Å². The van der Waals surface area contributed by atoms with Crippen LogP contribution in [0, 0.1) is 17.3 Å². The van der Waals surface area contributed by atoms with Gasteiger partial charge in [0.25, 0.3) is 0 Å². The summed E-state index contributed by atoms with van der Waals surface area (Å²) in [5.41, 5.74) is 0.420. The molecule has 0 radical (unpaired) electrons. The second-order valence-corrected chi connectivity index (χ2v) is 5.16. The highest BCUT2D eigenvalue weighted by Crippen LogP contribution is 2.63. The first-order valence-electron chi connectivity index (χ1n) is 5.51. The Kier molecular flexibility index (Phi) is 1.39. The van der Waals surface area contributed by atoms with Crippen LogP contribution in [0.15, 0.2) is 0 Å². The van der Waals surface area contributed by atoms with Crippen LogP contribution in [0.4, 0.5) is 0 Å². The molecule has 4 atom stereocenters. The summed E-state index contributed by atoms with van der Waals surface area (Å²) in [7, 11) is 0. The van der Waals surface area contributed by atoms with Crippen LogP contribution in [0.2, 0.25) is 0 Å². The highest BCUT2D eigenvalue weighted by atomic mass is 16.3. The van der Waals surface area contributed by atoms with E-state index in [1.165, 1.54) is 44.9 Å². The van der Waals surface area contributed by atoms with E-state index in [1.807, 2.05) is 0 Å². The Bertz CT molecular complexity index is 201. The molecule has 0 aliphatic heterocycles. The molecule has 1 heteroatoms. The molecule has 3 rings (SSSR count). The molecule has 3 aliphatic carbocycles. The highest BCUT2D eigenvalue weighted by Gasteiger charge is 2.58. The molecule has 0 aromatic rings. The van der Waals surface area contributed by atoms with E-state index < -0.39 is 0 Å². The summed E-state index contributed by atoms with van der Waals surface area (Å²) < 4.78 is 0. The van der Waals surface area contributed by atoms with Crippen LogP contribution in [-0.2, 0) is 0 Å². The Balaban J connectivity index is 1.95. The third-order valence-corrected chi connectivity index (χ3v) is 4.86. The predicted molar refractivity (Wildman–Crippen MR) is 47.7 cm³/mol. The molecule has 0 aromatic carbocycles. The molecule has 0 unspecified atom stereocenters. The summed E-state index contributed by atoms with van der Waals surface area (Å²) in [6, 6.07) is 0. The number of aliphatic hydroxyl groups excluding tert-OH is 1. The van der Waals surface area contributed by atoms with E-state index in [9.17, 15) is 5.11 Å². The molecule has 1 spiro atoms. The van der Waals surface area contributed by atoms with Crippen molar-refractivity contribution in [3.05, 3.63) is 0 Å². The van der Waals surface area contributed by atoms with E-state index in [1.54, 1.807) is 0 Å². The summed E-state index contributed by atoms with van der Waals surface area (Å²) in [4.78, 5) is 0. The Hall–Kier alpha value is -0.0400. The molecule has 3 aliphatic rings. The van der Waals surface area contributed by atoms with Gasteiger partial charge in [-0.3, -0.25) is 0 Å². The second-order valence-electron chi connectivity index (χ2n) is 5.16. The van der Waals surface area contributed by atoms with Gasteiger partial charge in [0.1, 0.15) is 0 Å². The molecule has 68 valence electrons. The average molecular weight is 166 g/mol. The van der Waals surface area contributed by atoms with E-state index in [4.69, 9.17) is 0 Å². The van der Waals surface area contributed by atoms with Gasteiger partial charge in [-0.1, -0.05) is 12.8 Å². The van der Waals surface area contributed by atoms with Crippen LogP contribution in [0.5, 0.6) is 0 Å². The molecular formula is C11H18O. The summed E-state index contributed by atoms with van der Waals surface area (Å²) in [6.07, 6.45) is 9.62. The van der Waals surface area contributed by atoms with E-state index >= 15 is 0 Å². The molecule has 3 fully saturated rings. The van der Waals surface area contributed by atoms with Crippen LogP contribution in [0.3, 0.4) is 0 Å². The molecule has 0 aromatic heterocycles. The highest BCUT2D eigenvalue weighted by molar-refractivity contribution is 5.08. The lowest BCUT2D eigenvalue weighted by atomic mass is 9.66. The fraction of sp³-hybridized carbons (Fsp3) is 1.00. The molecule has 2 bridgehead atoms. The minimum atomic E-state index is 0.0859. The molecule has 0 heterocycles. The molecule has 3 saturated carbocycles. The van der Waals surface area contributed by atoms with Crippen molar-refractivity contribution in [1.29, 1.82) is 0 Å².